The minimum atomic E-state index is 0.546. The fourth-order valence-corrected chi connectivity index (χ4v) is 3.36. The van der Waals surface area contributed by atoms with Gasteiger partial charge in [0.1, 0.15) is 17.2 Å². The summed E-state index contributed by atoms with van der Waals surface area (Å²) < 4.78 is 2.00. The standard InChI is InChI=1S/C21H24N6/c1-13-9-10-17-18(14(13)2)26-21(25-17)19-20(16-7-5-4-6-8-16)27(15(3)24-19)23-12-11-22/h4-10,23H,11-12,22H2,1-3H3,(H,25,26). The average molecular weight is 360 g/mol. The maximum atomic E-state index is 5.70. The van der Waals surface area contributed by atoms with Crippen LogP contribution in [0.4, 0.5) is 0 Å². The molecule has 138 valence electrons. The molecule has 0 unspecified atom stereocenters. The fourth-order valence-electron chi connectivity index (χ4n) is 3.36. The minimum absolute atomic E-state index is 0.546. The Labute approximate surface area is 158 Å². The molecule has 0 radical (unpaired) electrons. The molecule has 27 heavy (non-hydrogen) atoms. The normalized spacial score (nSPS) is 11.3. The molecule has 0 amide bonds. The van der Waals surface area contributed by atoms with Crippen molar-refractivity contribution in [1.82, 2.24) is 19.6 Å². The monoisotopic (exact) mass is 360 g/mol. The molecular formula is C21H24N6. The van der Waals surface area contributed by atoms with Crippen LogP contribution in [-0.2, 0) is 0 Å². The van der Waals surface area contributed by atoms with E-state index in [9.17, 15) is 0 Å². The molecule has 0 aliphatic heterocycles. The first kappa shape index (κ1) is 17.3. The molecular weight excluding hydrogens is 336 g/mol. The molecule has 0 atom stereocenters. The number of benzene rings is 2. The summed E-state index contributed by atoms with van der Waals surface area (Å²) in [6, 6.07) is 14.4. The maximum Gasteiger partial charge on any atom is 0.159 e. The number of nitrogens with two attached hydrogens (primary N) is 1. The van der Waals surface area contributed by atoms with Gasteiger partial charge in [-0.1, -0.05) is 36.4 Å². The first-order valence-corrected chi connectivity index (χ1v) is 9.15. The third-order valence-corrected chi connectivity index (χ3v) is 4.92. The van der Waals surface area contributed by atoms with Crippen LogP contribution in [0.3, 0.4) is 0 Å². The second-order valence-corrected chi connectivity index (χ2v) is 6.74. The van der Waals surface area contributed by atoms with Gasteiger partial charge in [0.2, 0.25) is 0 Å². The van der Waals surface area contributed by atoms with E-state index < -0.39 is 0 Å². The predicted octanol–water partition coefficient (Wildman–Crippen LogP) is 3.52. The Bertz CT molecular complexity index is 1090. The second-order valence-electron chi connectivity index (χ2n) is 6.74. The summed E-state index contributed by atoms with van der Waals surface area (Å²) in [4.78, 5) is 13.1. The molecule has 6 heteroatoms. The lowest BCUT2D eigenvalue weighted by Crippen LogP contribution is -2.23. The van der Waals surface area contributed by atoms with Gasteiger partial charge in [-0.05, 0) is 38.0 Å². The van der Waals surface area contributed by atoms with Gasteiger partial charge >= 0.3 is 0 Å². The number of hydrogen-bond acceptors (Lipinski definition) is 4. The quantitative estimate of drug-likeness (QED) is 0.508. The van der Waals surface area contributed by atoms with Crippen molar-refractivity contribution in [2.24, 2.45) is 5.73 Å². The highest BCUT2D eigenvalue weighted by atomic mass is 15.4. The summed E-state index contributed by atoms with van der Waals surface area (Å²) in [6.45, 7) is 7.42. The topological polar surface area (TPSA) is 84.6 Å². The van der Waals surface area contributed by atoms with E-state index in [1.54, 1.807) is 0 Å². The number of nitrogens with one attached hydrogen (secondary N) is 2. The zero-order valence-corrected chi connectivity index (χ0v) is 15.9. The number of nitrogens with zero attached hydrogens (tertiary/aromatic N) is 3. The van der Waals surface area contributed by atoms with Crippen molar-refractivity contribution in [3.05, 3.63) is 59.4 Å². The highest BCUT2D eigenvalue weighted by molar-refractivity contribution is 5.85. The third-order valence-electron chi connectivity index (χ3n) is 4.92. The van der Waals surface area contributed by atoms with Crippen LogP contribution >= 0.6 is 0 Å². The van der Waals surface area contributed by atoms with Crippen molar-refractivity contribution in [2.45, 2.75) is 20.8 Å². The SMILES string of the molecule is Cc1ccc2nc(-c3nc(C)n(NCCN)c3-c3ccccc3)[nH]c2c1C. The molecule has 4 aromatic rings. The van der Waals surface area contributed by atoms with Crippen LogP contribution in [0.2, 0.25) is 0 Å². The first-order chi connectivity index (χ1) is 13.1. The Hall–Kier alpha value is -3.12. The van der Waals surface area contributed by atoms with E-state index >= 15 is 0 Å². The van der Waals surface area contributed by atoms with Gasteiger partial charge in [0.25, 0.3) is 0 Å². The van der Waals surface area contributed by atoms with E-state index in [1.807, 2.05) is 29.8 Å². The van der Waals surface area contributed by atoms with Gasteiger partial charge in [-0.25, -0.2) is 14.6 Å². The molecule has 0 spiro atoms. The molecule has 0 fully saturated rings. The highest BCUT2D eigenvalue weighted by Gasteiger charge is 2.21. The van der Waals surface area contributed by atoms with E-state index in [1.165, 1.54) is 11.1 Å². The van der Waals surface area contributed by atoms with Crippen LogP contribution in [-0.4, -0.2) is 32.7 Å². The Morgan fingerprint density at radius 3 is 2.56 bits per heavy atom. The Morgan fingerprint density at radius 2 is 1.81 bits per heavy atom. The number of aromatic nitrogens is 4. The van der Waals surface area contributed by atoms with Crippen molar-refractivity contribution in [1.29, 1.82) is 0 Å². The fraction of sp³-hybridized carbons (Fsp3) is 0.238. The first-order valence-electron chi connectivity index (χ1n) is 9.15. The smallest absolute Gasteiger partial charge is 0.159 e. The molecule has 0 bridgehead atoms. The molecule has 6 nitrogen and oxygen atoms in total. The maximum absolute atomic E-state index is 5.70. The van der Waals surface area contributed by atoms with Crippen LogP contribution in [0.5, 0.6) is 0 Å². The zero-order valence-electron chi connectivity index (χ0n) is 15.9. The Kier molecular flexibility index (Phi) is 4.41. The van der Waals surface area contributed by atoms with Gasteiger partial charge in [0.05, 0.1) is 11.0 Å². The molecule has 4 N–H and O–H groups in total. The summed E-state index contributed by atoms with van der Waals surface area (Å²) in [5.41, 5.74) is 16.4. The largest absolute Gasteiger partial charge is 0.336 e. The summed E-state index contributed by atoms with van der Waals surface area (Å²) in [7, 11) is 0. The van der Waals surface area contributed by atoms with Crippen LogP contribution in [0.25, 0.3) is 33.8 Å². The molecule has 0 aliphatic rings. The van der Waals surface area contributed by atoms with E-state index in [0.29, 0.717) is 13.1 Å². The van der Waals surface area contributed by atoms with Crippen molar-refractivity contribution >= 4 is 11.0 Å². The zero-order chi connectivity index (χ0) is 19.0. The van der Waals surface area contributed by atoms with E-state index in [-0.39, 0.29) is 0 Å². The molecule has 2 aromatic heterocycles. The van der Waals surface area contributed by atoms with Gasteiger partial charge in [0, 0.05) is 18.7 Å². The third kappa shape index (κ3) is 2.98. The molecule has 0 aliphatic carbocycles. The lowest BCUT2D eigenvalue weighted by atomic mass is 10.1. The minimum Gasteiger partial charge on any atom is -0.336 e. The molecule has 4 rings (SSSR count). The number of aryl methyl sites for hydroxylation is 3. The van der Waals surface area contributed by atoms with Gasteiger partial charge < -0.3 is 16.1 Å². The van der Waals surface area contributed by atoms with Crippen molar-refractivity contribution < 1.29 is 0 Å². The number of aromatic amines is 1. The van der Waals surface area contributed by atoms with E-state index in [0.717, 1.165) is 39.6 Å². The molecule has 2 aromatic carbocycles. The van der Waals surface area contributed by atoms with Gasteiger partial charge in [-0.3, -0.25) is 0 Å². The van der Waals surface area contributed by atoms with Crippen molar-refractivity contribution in [3.8, 4) is 22.8 Å². The van der Waals surface area contributed by atoms with Crippen molar-refractivity contribution in [3.63, 3.8) is 0 Å². The Balaban J connectivity index is 1.94. The van der Waals surface area contributed by atoms with Gasteiger partial charge in [-0.2, -0.15) is 0 Å². The van der Waals surface area contributed by atoms with E-state index in [4.69, 9.17) is 15.7 Å². The summed E-state index contributed by atoms with van der Waals surface area (Å²) in [5, 5.41) is 0. The second kappa shape index (κ2) is 6.89. The number of imidazole rings is 2. The molecule has 0 saturated heterocycles. The van der Waals surface area contributed by atoms with Gasteiger partial charge in [0.15, 0.2) is 5.82 Å². The molecule has 2 heterocycles. The van der Waals surface area contributed by atoms with Crippen LogP contribution < -0.4 is 11.2 Å². The summed E-state index contributed by atoms with van der Waals surface area (Å²) in [5.74, 6) is 1.64. The highest BCUT2D eigenvalue weighted by Crippen LogP contribution is 2.32. The summed E-state index contributed by atoms with van der Waals surface area (Å²) in [6.07, 6.45) is 0. The molecule has 0 saturated carbocycles. The van der Waals surface area contributed by atoms with Crippen LogP contribution in [0.1, 0.15) is 17.0 Å². The Morgan fingerprint density at radius 1 is 1.04 bits per heavy atom. The van der Waals surface area contributed by atoms with Crippen LogP contribution in [0.15, 0.2) is 42.5 Å². The lowest BCUT2D eigenvalue weighted by Gasteiger charge is -2.13. The van der Waals surface area contributed by atoms with Gasteiger partial charge in [-0.15, -0.1) is 0 Å². The average Bonchev–Trinajstić information content (AvgIpc) is 3.25. The van der Waals surface area contributed by atoms with Crippen molar-refractivity contribution in [2.75, 3.05) is 18.5 Å². The number of rotatable bonds is 5. The van der Waals surface area contributed by atoms with E-state index in [2.05, 4.69) is 48.5 Å². The van der Waals surface area contributed by atoms with Crippen LogP contribution in [0, 0.1) is 20.8 Å². The summed E-state index contributed by atoms with van der Waals surface area (Å²) >= 11 is 0. The number of H-pyrrole nitrogens is 1. The number of hydrogen-bond donors (Lipinski definition) is 3. The lowest BCUT2D eigenvalue weighted by molar-refractivity contribution is 0.802. The predicted molar refractivity (Wildman–Crippen MR) is 110 cm³/mol. The number of fused-ring (bicyclic) bond motifs is 1.